The molecule has 1 aromatic rings. The number of carbonyl (C=O) groups is 1. The molecule has 1 saturated carbocycles. The summed E-state index contributed by atoms with van der Waals surface area (Å²) in [6.07, 6.45) is 12.2. The first-order chi connectivity index (χ1) is 12.0. The van der Waals surface area contributed by atoms with Gasteiger partial charge >= 0.3 is 6.68 Å². The maximum absolute atomic E-state index is 11.4. The van der Waals surface area contributed by atoms with Crippen molar-refractivity contribution in [1.29, 1.82) is 0 Å². The Balaban J connectivity index is 0.000000705. The van der Waals surface area contributed by atoms with Crippen LogP contribution >= 0.6 is 0 Å². The zero-order chi connectivity index (χ0) is 18.7. The Labute approximate surface area is 146 Å². The van der Waals surface area contributed by atoms with Crippen LogP contribution in [0, 0.1) is 5.92 Å². The highest BCUT2D eigenvalue weighted by Crippen LogP contribution is 2.28. The summed E-state index contributed by atoms with van der Waals surface area (Å²) >= 11 is 0. The molecule has 1 aromatic carbocycles. The van der Waals surface area contributed by atoms with Crippen LogP contribution in [0.2, 0.25) is 0 Å². The van der Waals surface area contributed by atoms with Crippen molar-refractivity contribution in [3.8, 4) is 5.75 Å². The summed E-state index contributed by atoms with van der Waals surface area (Å²) in [5, 5.41) is 2.77. The third-order valence-electron chi connectivity index (χ3n) is 3.88. The molecule has 0 aromatic heterocycles. The van der Waals surface area contributed by atoms with Crippen LogP contribution in [0.3, 0.4) is 0 Å². The summed E-state index contributed by atoms with van der Waals surface area (Å²) < 4.78 is 34.4. The zero-order valence-corrected chi connectivity index (χ0v) is 14.3. The van der Waals surface area contributed by atoms with Gasteiger partial charge < -0.3 is 10.1 Å². The Bertz CT molecular complexity index is 579. The summed E-state index contributed by atoms with van der Waals surface area (Å²) in [7, 11) is 1.66. The standard InChI is InChI=1S/C18H23NO2.CHF3/c1-3-18(20)19-16-11-12-17(21-2)15(13-16)10-9-14-7-5-4-6-8-14;2-1(3)4/h3,9-14H,1,4-8H2,2H3,(H,19,20);1H/b10-9+;. The van der Waals surface area contributed by atoms with E-state index in [0.717, 1.165) is 17.0 Å². The lowest BCUT2D eigenvalue weighted by Crippen LogP contribution is -2.07. The Morgan fingerprint density at radius 2 is 1.92 bits per heavy atom. The van der Waals surface area contributed by atoms with E-state index in [4.69, 9.17) is 4.74 Å². The van der Waals surface area contributed by atoms with Crippen molar-refractivity contribution in [2.45, 2.75) is 38.8 Å². The fraction of sp³-hybridized carbons (Fsp3) is 0.421. The highest BCUT2D eigenvalue weighted by molar-refractivity contribution is 5.99. The van der Waals surface area contributed by atoms with Crippen LogP contribution in [0.25, 0.3) is 6.08 Å². The lowest BCUT2D eigenvalue weighted by molar-refractivity contribution is -0.111. The Morgan fingerprint density at radius 1 is 1.28 bits per heavy atom. The molecule has 1 aliphatic rings. The number of hydrogen-bond acceptors (Lipinski definition) is 2. The van der Waals surface area contributed by atoms with Crippen LogP contribution in [0.1, 0.15) is 37.7 Å². The predicted molar refractivity (Wildman–Crippen MR) is 94.5 cm³/mol. The number of carbonyl (C=O) groups excluding carboxylic acids is 1. The molecule has 0 heterocycles. The van der Waals surface area contributed by atoms with E-state index in [1.807, 2.05) is 18.2 Å². The van der Waals surface area contributed by atoms with Crippen molar-refractivity contribution in [2.24, 2.45) is 5.92 Å². The number of rotatable bonds is 5. The Kier molecular flexibility index (Phi) is 9.43. The van der Waals surface area contributed by atoms with Gasteiger partial charge in [0.2, 0.25) is 5.91 Å². The molecule has 0 spiro atoms. The second kappa shape index (κ2) is 11.3. The molecule has 0 atom stereocenters. The fourth-order valence-corrected chi connectivity index (χ4v) is 2.70. The van der Waals surface area contributed by atoms with Crippen LogP contribution < -0.4 is 10.1 Å². The molecule has 1 amide bonds. The molecule has 25 heavy (non-hydrogen) atoms. The number of nitrogens with one attached hydrogen (secondary N) is 1. The first-order valence-electron chi connectivity index (χ1n) is 8.18. The lowest BCUT2D eigenvalue weighted by Gasteiger charge is -2.18. The largest absolute Gasteiger partial charge is 0.496 e. The second-order valence-corrected chi connectivity index (χ2v) is 5.65. The van der Waals surface area contributed by atoms with E-state index >= 15 is 0 Å². The molecule has 0 aliphatic heterocycles. The molecule has 0 radical (unpaired) electrons. The van der Waals surface area contributed by atoms with Gasteiger partial charge in [-0.1, -0.05) is 38.0 Å². The highest BCUT2D eigenvalue weighted by Gasteiger charge is 2.10. The van der Waals surface area contributed by atoms with Crippen molar-refractivity contribution in [3.05, 3.63) is 42.5 Å². The Hall–Kier alpha value is -2.24. The van der Waals surface area contributed by atoms with Crippen molar-refractivity contribution in [1.82, 2.24) is 0 Å². The quantitative estimate of drug-likeness (QED) is 0.699. The highest BCUT2D eigenvalue weighted by atomic mass is 19.4. The van der Waals surface area contributed by atoms with Gasteiger partial charge in [-0.2, -0.15) is 13.2 Å². The summed E-state index contributed by atoms with van der Waals surface area (Å²) in [6.45, 7) is -0.207. The molecule has 138 valence electrons. The van der Waals surface area contributed by atoms with Gasteiger partial charge in [0.1, 0.15) is 5.75 Å². The third kappa shape index (κ3) is 8.42. The number of anilines is 1. The van der Waals surface area contributed by atoms with E-state index in [0.29, 0.717) is 5.92 Å². The number of halogens is 3. The van der Waals surface area contributed by atoms with Crippen molar-refractivity contribution < 1.29 is 22.7 Å². The first-order valence-corrected chi connectivity index (χ1v) is 8.18. The van der Waals surface area contributed by atoms with Crippen molar-refractivity contribution >= 4 is 17.7 Å². The summed E-state index contributed by atoms with van der Waals surface area (Å²) in [4.78, 5) is 11.4. The van der Waals surface area contributed by atoms with Crippen LogP contribution in [-0.4, -0.2) is 19.7 Å². The van der Waals surface area contributed by atoms with Crippen LogP contribution in [0.5, 0.6) is 5.75 Å². The van der Waals surface area contributed by atoms with E-state index in [9.17, 15) is 18.0 Å². The molecule has 1 aliphatic carbocycles. The van der Waals surface area contributed by atoms with E-state index in [1.54, 1.807) is 7.11 Å². The molecule has 0 saturated heterocycles. The number of hydrogen-bond donors (Lipinski definition) is 1. The molecule has 6 heteroatoms. The average molecular weight is 355 g/mol. The number of benzene rings is 1. The van der Waals surface area contributed by atoms with E-state index < -0.39 is 6.68 Å². The molecule has 2 rings (SSSR count). The fourth-order valence-electron chi connectivity index (χ4n) is 2.70. The van der Waals surface area contributed by atoms with Gasteiger partial charge in [0.25, 0.3) is 0 Å². The summed E-state index contributed by atoms with van der Waals surface area (Å²) in [5.74, 6) is 1.27. The third-order valence-corrected chi connectivity index (χ3v) is 3.88. The normalized spacial score (nSPS) is 14.8. The van der Waals surface area contributed by atoms with Crippen LogP contribution in [0.4, 0.5) is 18.9 Å². The van der Waals surface area contributed by atoms with Gasteiger partial charge in [-0.05, 0) is 43.0 Å². The van der Waals surface area contributed by atoms with Gasteiger partial charge in [-0.25, -0.2) is 0 Å². The number of amides is 1. The van der Waals surface area contributed by atoms with Crippen molar-refractivity contribution in [2.75, 3.05) is 12.4 Å². The number of alkyl halides is 3. The number of ether oxygens (including phenoxy) is 1. The molecular weight excluding hydrogens is 331 g/mol. The van der Waals surface area contributed by atoms with Gasteiger partial charge in [0.15, 0.2) is 0 Å². The molecule has 1 N–H and O–H groups in total. The minimum absolute atomic E-state index is 0.206. The molecule has 3 nitrogen and oxygen atoms in total. The monoisotopic (exact) mass is 355 g/mol. The van der Waals surface area contributed by atoms with Crippen LogP contribution in [-0.2, 0) is 4.79 Å². The van der Waals surface area contributed by atoms with Crippen molar-refractivity contribution in [3.63, 3.8) is 0 Å². The maximum Gasteiger partial charge on any atom is 0.379 e. The van der Waals surface area contributed by atoms with E-state index in [-0.39, 0.29) is 5.91 Å². The van der Waals surface area contributed by atoms with E-state index in [1.165, 1.54) is 38.2 Å². The first kappa shape index (κ1) is 20.8. The maximum atomic E-state index is 11.4. The minimum atomic E-state index is -3.67. The molecule has 0 unspecified atom stereocenters. The Morgan fingerprint density at radius 3 is 2.48 bits per heavy atom. The van der Waals surface area contributed by atoms with Crippen LogP contribution in [0.15, 0.2) is 36.9 Å². The smallest absolute Gasteiger partial charge is 0.379 e. The summed E-state index contributed by atoms with van der Waals surface area (Å²) in [5.41, 5.74) is 1.74. The average Bonchev–Trinajstić information content (AvgIpc) is 2.60. The second-order valence-electron chi connectivity index (χ2n) is 5.65. The van der Waals surface area contributed by atoms with Gasteiger partial charge in [0.05, 0.1) is 7.11 Å². The SMILES string of the molecule is C=CC(=O)Nc1ccc(OC)c(/C=C/C2CCCCC2)c1.FC(F)F. The minimum Gasteiger partial charge on any atom is -0.496 e. The number of allylic oxidation sites excluding steroid dienone is 1. The van der Waals surface area contributed by atoms with Gasteiger partial charge in [-0.15, -0.1) is 0 Å². The molecular formula is C19H24F3NO2. The topological polar surface area (TPSA) is 38.3 Å². The summed E-state index contributed by atoms with van der Waals surface area (Å²) in [6, 6.07) is 5.64. The van der Waals surface area contributed by atoms with E-state index in [2.05, 4.69) is 24.0 Å². The number of methoxy groups -OCH3 is 1. The molecule has 1 fully saturated rings. The zero-order valence-electron chi connectivity index (χ0n) is 14.3. The molecule has 0 bridgehead atoms. The predicted octanol–water partition coefficient (Wildman–Crippen LogP) is 5.59. The van der Waals surface area contributed by atoms with Gasteiger partial charge in [0, 0.05) is 11.3 Å². The van der Waals surface area contributed by atoms with Gasteiger partial charge in [-0.3, -0.25) is 4.79 Å². The lowest BCUT2D eigenvalue weighted by atomic mass is 9.88.